The normalized spacial score (nSPS) is 12.1. The molecule has 7 nitrogen and oxygen atoms in total. The number of nitrogens with one attached hydrogen (secondary N) is 1. The fourth-order valence-corrected chi connectivity index (χ4v) is 4.35. The van der Waals surface area contributed by atoms with E-state index in [0.29, 0.717) is 18.7 Å². The number of carbonyl (C=O) groups is 1. The van der Waals surface area contributed by atoms with Gasteiger partial charge in [0.2, 0.25) is 0 Å². The molecule has 0 aliphatic carbocycles. The van der Waals surface area contributed by atoms with Crippen LogP contribution >= 0.6 is 11.3 Å². The molecular formula is C23H28N4O3S. The van der Waals surface area contributed by atoms with Crippen LogP contribution in [0.1, 0.15) is 33.8 Å². The summed E-state index contributed by atoms with van der Waals surface area (Å²) in [5.41, 5.74) is 1.48. The van der Waals surface area contributed by atoms with Crippen molar-refractivity contribution in [2.45, 2.75) is 26.4 Å². The zero-order valence-corrected chi connectivity index (χ0v) is 19.3. The van der Waals surface area contributed by atoms with Crippen LogP contribution in [0, 0.1) is 6.92 Å². The number of hydrogen-bond acceptors (Lipinski definition) is 6. The first-order valence-corrected chi connectivity index (χ1v) is 10.9. The number of amides is 1. The first kappa shape index (κ1) is 22.7. The number of likely N-dealkylation sites (N-methyl/N-ethyl adjacent to an activating group) is 1. The van der Waals surface area contributed by atoms with E-state index in [9.17, 15) is 9.59 Å². The zero-order chi connectivity index (χ0) is 22.5. The zero-order valence-electron chi connectivity index (χ0n) is 18.5. The van der Waals surface area contributed by atoms with E-state index in [1.54, 1.807) is 31.0 Å². The molecule has 0 spiro atoms. The van der Waals surface area contributed by atoms with E-state index in [0.717, 1.165) is 21.2 Å². The van der Waals surface area contributed by atoms with E-state index >= 15 is 0 Å². The minimum absolute atomic E-state index is 0.0421. The predicted octanol–water partition coefficient (Wildman–Crippen LogP) is 3.34. The number of benzene rings is 1. The highest BCUT2D eigenvalue weighted by Gasteiger charge is 2.19. The Bertz CT molecular complexity index is 1120. The standard InChI is InChI=1S/C23H28N4O3S/c1-15-10-11-27(16(2)14-26(3)4)23(29)20(15)21(28)24-12-17-13-25-22(31-17)18-8-6-7-9-19(18)30-5/h6-11,13,16H,12,14H2,1-5H3,(H,24,28). The fourth-order valence-electron chi connectivity index (χ4n) is 3.47. The molecule has 8 heteroatoms. The smallest absolute Gasteiger partial charge is 0.263 e. The summed E-state index contributed by atoms with van der Waals surface area (Å²) in [7, 11) is 5.54. The van der Waals surface area contributed by atoms with Gasteiger partial charge < -0.3 is 19.5 Å². The molecule has 1 amide bonds. The molecule has 0 saturated carbocycles. The number of aromatic nitrogens is 2. The van der Waals surface area contributed by atoms with Gasteiger partial charge in [-0.2, -0.15) is 0 Å². The van der Waals surface area contributed by atoms with Gasteiger partial charge in [-0.05, 0) is 51.7 Å². The van der Waals surface area contributed by atoms with Gasteiger partial charge in [0.15, 0.2) is 0 Å². The second kappa shape index (κ2) is 9.89. The fraction of sp³-hybridized carbons (Fsp3) is 0.348. The average Bonchev–Trinajstić information content (AvgIpc) is 3.20. The molecule has 0 saturated heterocycles. The van der Waals surface area contributed by atoms with Crippen molar-refractivity contribution in [3.05, 3.63) is 69.1 Å². The predicted molar refractivity (Wildman–Crippen MR) is 124 cm³/mol. The largest absolute Gasteiger partial charge is 0.496 e. The number of thiazole rings is 1. The molecule has 0 fully saturated rings. The van der Waals surface area contributed by atoms with Gasteiger partial charge in [0.1, 0.15) is 16.3 Å². The molecule has 3 aromatic rings. The molecular weight excluding hydrogens is 412 g/mol. The molecule has 2 aromatic heterocycles. The molecule has 0 aliphatic heterocycles. The number of para-hydroxylation sites is 1. The molecule has 1 N–H and O–H groups in total. The summed E-state index contributed by atoms with van der Waals surface area (Å²) in [5.74, 6) is 0.376. The van der Waals surface area contributed by atoms with Gasteiger partial charge in [-0.1, -0.05) is 12.1 Å². The number of ether oxygens (including phenoxy) is 1. The number of carbonyl (C=O) groups excluding carboxylic acids is 1. The van der Waals surface area contributed by atoms with Crippen LogP contribution in [0.5, 0.6) is 5.75 Å². The number of pyridine rings is 1. The summed E-state index contributed by atoms with van der Waals surface area (Å²) < 4.78 is 7.02. The lowest BCUT2D eigenvalue weighted by molar-refractivity contribution is 0.0948. The van der Waals surface area contributed by atoms with Crippen molar-refractivity contribution >= 4 is 17.2 Å². The quantitative estimate of drug-likeness (QED) is 0.581. The van der Waals surface area contributed by atoms with Crippen molar-refractivity contribution in [3.8, 4) is 16.3 Å². The summed E-state index contributed by atoms with van der Waals surface area (Å²) in [6.07, 6.45) is 3.49. The second-order valence-electron chi connectivity index (χ2n) is 7.71. The van der Waals surface area contributed by atoms with E-state index < -0.39 is 0 Å². The first-order valence-electron chi connectivity index (χ1n) is 10.0. The van der Waals surface area contributed by atoms with Gasteiger partial charge in [-0.15, -0.1) is 11.3 Å². The minimum Gasteiger partial charge on any atom is -0.496 e. The molecule has 3 rings (SSSR count). The van der Waals surface area contributed by atoms with Crippen LogP contribution in [-0.4, -0.2) is 48.1 Å². The third-order valence-electron chi connectivity index (χ3n) is 4.97. The molecule has 164 valence electrons. The molecule has 0 bridgehead atoms. The van der Waals surface area contributed by atoms with Gasteiger partial charge in [0.25, 0.3) is 11.5 Å². The molecule has 1 atom stereocenters. The number of nitrogens with zero attached hydrogens (tertiary/aromatic N) is 3. The molecule has 2 heterocycles. The number of methoxy groups -OCH3 is 1. The van der Waals surface area contributed by atoms with Crippen molar-refractivity contribution in [1.82, 2.24) is 19.8 Å². The van der Waals surface area contributed by atoms with E-state index in [4.69, 9.17) is 4.74 Å². The van der Waals surface area contributed by atoms with Crippen molar-refractivity contribution in [2.24, 2.45) is 0 Å². The molecule has 1 unspecified atom stereocenters. The lowest BCUT2D eigenvalue weighted by Gasteiger charge is -2.20. The summed E-state index contributed by atoms with van der Waals surface area (Å²) in [6.45, 7) is 4.75. The highest BCUT2D eigenvalue weighted by molar-refractivity contribution is 7.15. The van der Waals surface area contributed by atoms with E-state index in [1.165, 1.54) is 11.3 Å². The maximum Gasteiger partial charge on any atom is 0.263 e. The molecule has 1 aromatic carbocycles. The van der Waals surface area contributed by atoms with E-state index in [1.807, 2.05) is 56.3 Å². The summed E-state index contributed by atoms with van der Waals surface area (Å²) >= 11 is 1.48. The monoisotopic (exact) mass is 440 g/mol. The van der Waals surface area contributed by atoms with Gasteiger partial charge in [-0.25, -0.2) is 4.98 Å². The number of aryl methyl sites for hydroxylation is 1. The highest BCUT2D eigenvalue weighted by atomic mass is 32.1. The number of rotatable bonds is 8. The van der Waals surface area contributed by atoms with Crippen LogP contribution in [0.4, 0.5) is 0 Å². The Balaban J connectivity index is 1.76. The lowest BCUT2D eigenvalue weighted by Crippen LogP contribution is -2.36. The molecule has 31 heavy (non-hydrogen) atoms. The van der Waals surface area contributed by atoms with Crippen LogP contribution in [0.3, 0.4) is 0 Å². The van der Waals surface area contributed by atoms with Crippen molar-refractivity contribution < 1.29 is 9.53 Å². The van der Waals surface area contributed by atoms with Crippen LogP contribution < -0.4 is 15.6 Å². The Morgan fingerprint density at radius 2 is 2.03 bits per heavy atom. The van der Waals surface area contributed by atoms with Crippen LogP contribution in [0.2, 0.25) is 0 Å². The van der Waals surface area contributed by atoms with Crippen LogP contribution in [0.25, 0.3) is 10.6 Å². The summed E-state index contributed by atoms with van der Waals surface area (Å²) in [4.78, 5) is 33.2. The van der Waals surface area contributed by atoms with Crippen LogP contribution in [-0.2, 0) is 6.54 Å². The first-order chi connectivity index (χ1) is 14.8. The van der Waals surface area contributed by atoms with Crippen LogP contribution in [0.15, 0.2) is 47.5 Å². The summed E-state index contributed by atoms with van der Waals surface area (Å²) in [5, 5.41) is 3.69. The van der Waals surface area contributed by atoms with Gasteiger partial charge in [-0.3, -0.25) is 9.59 Å². The topological polar surface area (TPSA) is 76.5 Å². The SMILES string of the molecule is COc1ccccc1-c1ncc(CNC(=O)c2c(C)ccn(C(C)CN(C)C)c2=O)s1. The summed E-state index contributed by atoms with van der Waals surface area (Å²) in [6, 6.07) is 9.45. The van der Waals surface area contributed by atoms with Crippen molar-refractivity contribution in [2.75, 3.05) is 27.7 Å². The number of hydrogen-bond donors (Lipinski definition) is 1. The van der Waals surface area contributed by atoms with E-state index in [2.05, 4.69) is 10.3 Å². The Labute approximate surface area is 186 Å². The van der Waals surface area contributed by atoms with Gasteiger partial charge in [0, 0.05) is 29.9 Å². The Morgan fingerprint density at radius 3 is 2.74 bits per heavy atom. The van der Waals surface area contributed by atoms with Crippen molar-refractivity contribution in [1.29, 1.82) is 0 Å². The maximum atomic E-state index is 13.0. The van der Waals surface area contributed by atoms with Crippen molar-refractivity contribution in [3.63, 3.8) is 0 Å². The third kappa shape index (κ3) is 5.21. The minimum atomic E-state index is -0.374. The highest BCUT2D eigenvalue weighted by Crippen LogP contribution is 2.32. The average molecular weight is 441 g/mol. The van der Waals surface area contributed by atoms with Gasteiger partial charge >= 0.3 is 0 Å². The second-order valence-corrected chi connectivity index (χ2v) is 8.83. The Kier molecular flexibility index (Phi) is 7.25. The van der Waals surface area contributed by atoms with Gasteiger partial charge in [0.05, 0.1) is 19.2 Å². The maximum absolute atomic E-state index is 13.0. The molecule has 0 aliphatic rings. The lowest BCUT2D eigenvalue weighted by atomic mass is 10.1. The Hall–Kier alpha value is -2.97. The molecule has 0 radical (unpaired) electrons. The van der Waals surface area contributed by atoms with E-state index in [-0.39, 0.29) is 23.1 Å². The Morgan fingerprint density at radius 1 is 1.29 bits per heavy atom. The third-order valence-corrected chi connectivity index (χ3v) is 6.00.